The van der Waals surface area contributed by atoms with E-state index in [1.807, 2.05) is 45.0 Å². The number of nitrogens with zero attached hydrogens (tertiary/aromatic N) is 1. The van der Waals surface area contributed by atoms with Crippen LogP contribution in [0.25, 0.3) is 0 Å². The van der Waals surface area contributed by atoms with Crippen molar-refractivity contribution >= 4 is 11.7 Å². The summed E-state index contributed by atoms with van der Waals surface area (Å²) in [4.78, 5) is 24.8. The number of carbonyl (C=O) groups excluding carboxylic acids is 1. The minimum Gasteiger partial charge on any atom is -0.392 e. The van der Waals surface area contributed by atoms with Gasteiger partial charge >= 0.3 is 6.03 Å². The van der Waals surface area contributed by atoms with Crippen molar-refractivity contribution < 1.29 is 9.90 Å². The van der Waals surface area contributed by atoms with Crippen molar-refractivity contribution in [1.29, 1.82) is 0 Å². The van der Waals surface area contributed by atoms with Crippen LogP contribution in [0.2, 0.25) is 0 Å². The smallest absolute Gasteiger partial charge is 0.319 e. The number of pyridine rings is 1. The summed E-state index contributed by atoms with van der Waals surface area (Å²) in [5, 5.41) is 15.2. The van der Waals surface area contributed by atoms with E-state index in [4.69, 9.17) is 0 Å². The fourth-order valence-corrected chi connectivity index (χ4v) is 3.11. The van der Waals surface area contributed by atoms with Crippen LogP contribution >= 0.6 is 0 Å². The molecule has 0 spiro atoms. The molecule has 1 saturated carbocycles. The first kappa shape index (κ1) is 18.2. The lowest BCUT2D eigenvalue weighted by atomic mass is 9.65. The maximum Gasteiger partial charge on any atom is 0.319 e. The zero-order chi connectivity index (χ0) is 18.9. The minimum absolute atomic E-state index is 0.115. The van der Waals surface area contributed by atoms with Gasteiger partial charge in [-0.3, -0.25) is 4.79 Å². The molecule has 2 unspecified atom stereocenters. The molecule has 0 radical (unpaired) electrons. The first-order valence-corrected chi connectivity index (χ1v) is 8.78. The van der Waals surface area contributed by atoms with E-state index >= 15 is 0 Å². The number of aliphatic hydroxyl groups excluding tert-OH is 1. The van der Waals surface area contributed by atoms with E-state index in [-0.39, 0.29) is 22.7 Å². The van der Waals surface area contributed by atoms with Crippen molar-refractivity contribution in [2.24, 2.45) is 5.41 Å². The van der Waals surface area contributed by atoms with E-state index in [0.717, 1.165) is 11.1 Å². The van der Waals surface area contributed by atoms with Crippen LogP contribution in [0.5, 0.6) is 0 Å². The second kappa shape index (κ2) is 6.96. The van der Waals surface area contributed by atoms with E-state index in [1.165, 1.54) is 0 Å². The molecule has 0 aliphatic heterocycles. The molecule has 1 aliphatic carbocycles. The summed E-state index contributed by atoms with van der Waals surface area (Å²) < 4.78 is 1.57. The van der Waals surface area contributed by atoms with Crippen molar-refractivity contribution in [2.45, 2.75) is 45.9 Å². The zero-order valence-electron chi connectivity index (χ0n) is 15.3. The number of urea groups is 1. The number of rotatable bonds is 4. The highest BCUT2D eigenvalue weighted by Crippen LogP contribution is 2.40. The molecule has 1 heterocycles. The molecule has 6 heteroatoms. The third-order valence-corrected chi connectivity index (χ3v) is 5.26. The largest absolute Gasteiger partial charge is 0.392 e. The molecule has 0 saturated heterocycles. The fourth-order valence-electron chi connectivity index (χ4n) is 3.11. The number of carbonyl (C=O) groups is 1. The van der Waals surface area contributed by atoms with Gasteiger partial charge in [0, 0.05) is 17.7 Å². The van der Waals surface area contributed by atoms with Crippen molar-refractivity contribution in [3.63, 3.8) is 0 Å². The molecule has 3 rings (SSSR count). The van der Waals surface area contributed by atoms with Gasteiger partial charge in [-0.25, -0.2) is 4.79 Å². The topological polar surface area (TPSA) is 83.4 Å². The van der Waals surface area contributed by atoms with E-state index in [2.05, 4.69) is 10.6 Å². The maximum absolute atomic E-state index is 12.6. The van der Waals surface area contributed by atoms with Gasteiger partial charge in [0.2, 0.25) is 0 Å². The number of anilines is 1. The van der Waals surface area contributed by atoms with Crippen LogP contribution in [0.4, 0.5) is 10.5 Å². The summed E-state index contributed by atoms with van der Waals surface area (Å²) in [6.45, 7) is 6.27. The average molecular weight is 355 g/mol. The molecule has 0 bridgehead atoms. The molecule has 2 aromatic rings. The molecule has 1 aromatic heterocycles. The Morgan fingerprint density at radius 1 is 1.27 bits per heavy atom. The number of aryl methyl sites for hydroxylation is 1. The van der Waals surface area contributed by atoms with Crippen molar-refractivity contribution in [3.05, 3.63) is 64.1 Å². The quantitative estimate of drug-likeness (QED) is 0.788. The van der Waals surface area contributed by atoms with Gasteiger partial charge in [0.1, 0.15) is 5.69 Å². The number of aliphatic hydroxyl groups is 1. The number of hydrogen-bond donors (Lipinski definition) is 3. The van der Waals surface area contributed by atoms with Gasteiger partial charge in [-0.1, -0.05) is 43.7 Å². The maximum atomic E-state index is 12.6. The zero-order valence-corrected chi connectivity index (χ0v) is 15.3. The standard InChI is InChI=1S/C20H25N3O3/c1-13-6-8-14(9-7-13)12-23-10-4-5-15(18(23)25)21-19(26)22-16-11-17(24)20(16,2)3/h4-10,16-17,24H,11-12H2,1-3H3,(H2,21,22,26). The Bertz CT molecular complexity index is 855. The highest BCUT2D eigenvalue weighted by Gasteiger charge is 2.48. The summed E-state index contributed by atoms with van der Waals surface area (Å²) in [5.74, 6) is 0. The summed E-state index contributed by atoms with van der Waals surface area (Å²) in [5.41, 5.74) is 1.80. The molecule has 26 heavy (non-hydrogen) atoms. The Balaban J connectivity index is 1.68. The number of benzene rings is 1. The Kier molecular flexibility index (Phi) is 4.87. The second-order valence-corrected chi connectivity index (χ2v) is 7.56. The Morgan fingerprint density at radius 2 is 1.96 bits per heavy atom. The lowest BCUT2D eigenvalue weighted by Gasteiger charge is -2.49. The van der Waals surface area contributed by atoms with Crippen LogP contribution in [0.15, 0.2) is 47.4 Å². The monoisotopic (exact) mass is 355 g/mol. The van der Waals surface area contributed by atoms with E-state index < -0.39 is 12.1 Å². The predicted octanol–water partition coefficient (Wildman–Crippen LogP) is 2.49. The molecule has 1 aromatic carbocycles. The first-order valence-electron chi connectivity index (χ1n) is 8.78. The molecule has 6 nitrogen and oxygen atoms in total. The van der Waals surface area contributed by atoms with Crippen LogP contribution in [0.3, 0.4) is 0 Å². The number of hydrogen-bond acceptors (Lipinski definition) is 3. The summed E-state index contributed by atoms with van der Waals surface area (Å²) >= 11 is 0. The first-order chi connectivity index (χ1) is 12.3. The van der Waals surface area contributed by atoms with Gasteiger partial charge in [-0.05, 0) is 31.0 Å². The van der Waals surface area contributed by atoms with Gasteiger partial charge in [-0.2, -0.15) is 0 Å². The molecule has 1 fully saturated rings. The third kappa shape index (κ3) is 3.65. The number of amides is 2. The summed E-state index contributed by atoms with van der Waals surface area (Å²) in [6.07, 6.45) is 1.81. The average Bonchev–Trinajstić information content (AvgIpc) is 2.60. The molecular weight excluding hydrogens is 330 g/mol. The second-order valence-electron chi connectivity index (χ2n) is 7.56. The Labute approximate surface area is 152 Å². The lowest BCUT2D eigenvalue weighted by molar-refractivity contribution is -0.0673. The van der Waals surface area contributed by atoms with Gasteiger partial charge in [0.05, 0.1) is 12.6 Å². The highest BCUT2D eigenvalue weighted by atomic mass is 16.3. The molecule has 138 valence electrons. The van der Waals surface area contributed by atoms with Crippen LogP contribution in [-0.4, -0.2) is 27.9 Å². The SMILES string of the molecule is Cc1ccc(Cn2cccc(NC(=O)NC3CC(O)C3(C)C)c2=O)cc1. The van der Waals surface area contributed by atoms with Gasteiger partial charge in [-0.15, -0.1) is 0 Å². The van der Waals surface area contributed by atoms with Crippen molar-refractivity contribution in [3.8, 4) is 0 Å². The Hall–Kier alpha value is -2.60. The van der Waals surface area contributed by atoms with Gasteiger partial charge < -0.3 is 20.3 Å². The predicted molar refractivity (Wildman–Crippen MR) is 101 cm³/mol. The highest BCUT2D eigenvalue weighted by molar-refractivity contribution is 5.89. The van der Waals surface area contributed by atoms with Gasteiger partial charge in [0.25, 0.3) is 5.56 Å². The summed E-state index contributed by atoms with van der Waals surface area (Å²) in [6, 6.07) is 10.8. The Morgan fingerprint density at radius 3 is 2.58 bits per heavy atom. The molecular formula is C20H25N3O3. The lowest BCUT2D eigenvalue weighted by Crippen LogP contribution is -2.61. The summed E-state index contributed by atoms with van der Waals surface area (Å²) in [7, 11) is 0. The normalized spacial score (nSPS) is 20.9. The third-order valence-electron chi connectivity index (χ3n) is 5.26. The number of nitrogens with one attached hydrogen (secondary N) is 2. The molecule has 1 aliphatic rings. The van der Waals surface area contributed by atoms with Crippen molar-refractivity contribution in [2.75, 3.05) is 5.32 Å². The number of aromatic nitrogens is 1. The van der Waals surface area contributed by atoms with Crippen LogP contribution in [0.1, 0.15) is 31.4 Å². The molecule has 2 atom stereocenters. The van der Waals surface area contributed by atoms with Gasteiger partial charge in [0.15, 0.2) is 0 Å². The van der Waals surface area contributed by atoms with Crippen LogP contribution < -0.4 is 16.2 Å². The van der Waals surface area contributed by atoms with Crippen molar-refractivity contribution in [1.82, 2.24) is 9.88 Å². The molecule has 2 amide bonds. The minimum atomic E-state index is -0.430. The van der Waals surface area contributed by atoms with E-state index in [1.54, 1.807) is 22.9 Å². The fraction of sp³-hybridized carbons (Fsp3) is 0.400. The van der Waals surface area contributed by atoms with E-state index in [9.17, 15) is 14.7 Å². The molecule has 3 N–H and O–H groups in total. The van der Waals surface area contributed by atoms with Crippen LogP contribution in [0, 0.1) is 12.3 Å². The van der Waals surface area contributed by atoms with Crippen LogP contribution in [-0.2, 0) is 6.54 Å². The van der Waals surface area contributed by atoms with E-state index in [0.29, 0.717) is 13.0 Å².